The molecule has 1 unspecified atom stereocenters. The molecular formula is C23H44. The molecule has 0 heteroatoms. The molecule has 2 fully saturated rings. The monoisotopic (exact) mass is 320 g/mol. The first-order valence-corrected chi connectivity index (χ1v) is 11.0. The summed E-state index contributed by atoms with van der Waals surface area (Å²) in [4.78, 5) is 0. The molecule has 0 aromatic heterocycles. The Bertz CT molecular complexity index is 300. The third-order valence-corrected chi connectivity index (χ3v) is 7.18. The summed E-state index contributed by atoms with van der Waals surface area (Å²) < 4.78 is 0. The zero-order valence-corrected chi connectivity index (χ0v) is 16.8. The fraction of sp³-hybridized carbons (Fsp3) is 1.00. The van der Waals surface area contributed by atoms with Gasteiger partial charge < -0.3 is 0 Å². The first-order valence-electron chi connectivity index (χ1n) is 11.0. The molecule has 0 bridgehead atoms. The lowest BCUT2D eigenvalue weighted by molar-refractivity contribution is 0.121. The van der Waals surface area contributed by atoms with E-state index in [2.05, 4.69) is 34.6 Å². The van der Waals surface area contributed by atoms with Crippen molar-refractivity contribution in [2.45, 2.75) is 105 Å². The standard InChI is InChI=1S/C23H44/c1-17(2)6-7-19(5)21-12-14-23(15-13-21)22-10-8-20(9-11-22)16-18(3)4/h17-23H,6-16H2,1-5H3. The molecule has 0 saturated heterocycles. The van der Waals surface area contributed by atoms with Gasteiger partial charge in [0.05, 0.1) is 0 Å². The van der Waals surface area contributed by atoms with Gasteiger partial charge in [0.25, 0.3) is 0 Å². The Balaban J connectivity index is 1.67. The van der Waals surface area contributed by atoms with Crippen LogP contribution in [0.5, 0.6) is 0 Å². The second kappa shape index (κ2) is 9.47. The van der Waals surface area contributed by atoms with Crippen LogP contribution in [0.1, 0.15) is 105 Å². The molecule has 0 aromatic carbocycles. The molecule has 1 atom stereocenters. The second-order valence-corrected chi connectivity index (χ2v) is 10.0. The lowest BCUT2D eigenvalue weighted by Crippen LogP contribution is -2.28. The molecule has 0 N–H and O–H groups in total. The van der Waals surface area contributed by atoms with E-state index in [4.69, 9.17) is 0 Å². The molecule has 0 aliphatic heterocycles. The summed E-state index contributed by atoms with van der Waals surface area (Å²) in [6.07, 6.45) is 16.7. The molecule has 2 saturated carbocycles. The van der Waals surface area contributed by atoms with Gasteiger partial charge in [-0.1, -0.05) is 60.3 Å². The Kier molecular flexibility index (Phi) is 7.96. The van der Waals surface area contributed by atoms with Crippen molar-refractivity contribution in [2.75, 3.05) is 0 Å². The molecule has 2 aliphatic rings. The van der Waals surface area contributed by atoms with Crippen LogP contribution < -0.4 is 0 Å². The number of hydrogen-bond donors (Lipinski definition) is 0. The van der Waals surface area contributed by atoms with Gasteiger partial charge >= 0.3 is 0 Å². The van der Waals surface area contributed by atoms with Crippen LogP contribution in [0.3, 0.4) is 0 Å². The molecule has 0 amide bonds. The van der Waals surface area contributed by atoms with Crippen LogP contribution in [-0.2, 0) is 0 Å². The van der Waals surface area contributed by atoms with E-state index in [1.165, 1.54) is 44.9 Å². The van der Waals surface area contributed by atoms with Gasteiger partial charge in [0.15, 0.2) is 0 Å². The highest BCUT2D eigenvalue weighted by Crippen LogP contribution is 2.44. The second-order valence-electron chi connectivity index (χ2n) is 10.0. The zero-order chi connectivity index (χ0) is 16.8. The van der Waals surface area contributed by atoms with Gasteiger partial charge in [0.2, 0.25) is 0 Å². The minimum absolute atomic E-state index is 0.884. The maximum Gasteiger partial charge on any atom is -0.0386 e. The topological polar surface area (TPSA) is 0 Å². The predicted molar refractivity (Wildman–Crippen MR) is 104 cm³/mol. The highest BCUT2D eigenvalue weighted by Gasteiger charge is 2.32. The van der Waals surface area contributed by atoms with Crippen LogP contribution in [0, 0.1) is 41.4 Å². The smallest absolute Gasteiger partial charge is 0.0386 e. The summed E-state index contributed by atoms with van der Waals surface area (Å²) in [5.41, 5.74) is 0. The first kappa shape index (κ1) is 19.3. The van der Waals surface area contributed by atoms with E-state index >= 15 is 0 Å². The van der Waals surface area contributed by atoms with Gasteiger partial charge in [-0.05, 0) is 86.4 Å². The molecule has 0 heterocycles. The molecule has 2 rings (SSSR count). The normalized spacial score (nSPS) is 34.0. The van der Waals surface area contributed by atoms with E-state index in [0.717, 1.165) is 41.4 Å². The van der Waals surface area contributed by atoms with E-state index in [-0.39, 0.29) is 0 Å². The zero-order valence-electron chi connectivity index (χ0n) is 16.8. The van der Waals surface area contributed by atoms with E-state index in [1.54, 1.807) is 25.7 Å². The minimum Gasteiger partial charge on any atom is -0.0628 e. The maximum absolute atomic E-state index is 2.53. The fourth-order valence-corrected chi connectivity index (χ4v) is 5.58. The predicted octanol–water partition coefficient (Wildman–Crippen LogP) is 7.72. The molecule has 0 aromatic rings. The van der Waals surface area contributed by atoms with Crippen LogP contribution in [-0.4, -0.2) is 0 Å². The van der Waals surface area contributed by atoms with Gasteiger partial charge in [-0.2, -0.15) is 0 Å². The third-order valence-electron chi connectivity index (χ3n) is 7.18. The molecule has 2 aliphatic carbocycles. The molecule has 23 heavy (non-hydrogen) atoms. The Hall–Kier alpha value is 0. The van der Waals surface area contributed by atoms with Crippen LogP contribution >= 0.6 is 0 Å². The van der Waals surface area contributed by atoms with E-state index in [9.17, 15) is 0 Å². The highest BCUT2D eigenvalue weighted by molar-refractivity contribution is 4.83. The van der Waals surface area contributed by atoms with Crippen molar-refractivity contribution >= 4 is 0 Å². The third kappa shape index (κ3) is 6.43. The Morgan fingerprint density at radius 1 is 0.609 bits per heavy atom. The highest BCUT2D eigenvalue weighted by atomic mass is 14.4. The van der Waals surface area contributed by atoms with Crippen molar-refractivity contribution in [3.63, 3.8) is 0 Å². The van der Waals surface area contributed by atoms with Crippen LogP contribution in [0.2, 0.25) is 0 Å². The molecule has 136 valence electrons. The molecule has 0 spiro atoms. The summed E-state index contributed by atoms with van der Waals surface area (Å²) in [5.74, 6) is 7.03. The summed E-state index contributed by atoms with van der Waals surface area (Å²) >= 11 is 0. The van der Waals surface area contributed by atoms with E-state index in [0.29, 0.717) is 0 Å². The summed E-state index contributed by atoms with van der Waals surface area (Å²) in [5, 5.41) is 0. The van der Waals surface area contributed by atoms with Gasteiger partial charge in [-0.15, -0.1) is 0 Å². The van der Waals surface area contributed by atoms with Crippen LogP contribution in [0.25, 0.3) is 0 Å². The number of hydrogen-bond acceptors (Lipinski definition) is 0. The molecule has 0 radical (unpaired) electrons. The van der Waals surface area contributed by atoms with Crippen molar-refractivity contribution in [3.05, 3.63) is 0 Å². The van der Waals surface area contributed by atoms with Crippen molar-refractivity contribution in [1.82, 2.24) is 0 Å². The summed E-state index contributed by atoms with van der Waals surface area (Å²) in [7, 11) is 0. The SMILES string of the molecule is CC(C)CCC(C)C1CCC(C2CCC(CC(C)C)CC2)CC1. The first-order chi connectivity index (χ1) is 11.0. The van der Waals surface area contributed by atoms with E-state index < -0.39 is 0 Å². The minimum atomic E-state index is 0.884. The lowest BCUT2D eigenvalue weighted by Gasteiger charge is -2.39. The summed E-state index contributed by atoms with van der Waals surface area (Å²) in [6, 6.07) is 0. The van der Waals surface area contributed by atoms with Crippen molar-refractivity contribution in [3.8, 4) is 0 Å². The maximum atomic E-state index is 2.53. The van der Waals surface area contributed by atoms with Gasteiger partial charge in [0.1, 0.15) is 0 Å². The average molecular weight is 321 g/mol. The van der Waals surface area contributed by atoms with Crippen molar-refractivity contribution in [1.29, 1.82) is 0 Å². The largest absolute Gasteiger partial charge is 0.0628 e. The quantitative estimate of drug-likeness (QED) is 0.450. The lowest BCUT2D eigenvalue weighted by atomic mass is 9.66. The molecular weight excluding hydrogens is 276 g/mol. The molecule has 0 nitrogen and oxygen atoms in total. The average Bonchev–Trinajstić information content (AvgIpc) is 2.53. The number of rotatable bonds is 7. The Morgan fingerprint density at radius 2 is 1.13 bits per heavy atom. The Labute approximate surface area is 147 Å². The van der Waals surface area contributed by atoms with Crippen LogP contribution in [0.15, 0.2) is 0 Å². The Morgan fingerprint density at radius 3 is 1.61 bits per heavy atom. The van der Waals surface area contributed by atoms with Gasteiger partial charge in [0, 0.05) is 0 Å². The fourth-order valence-electron chi connectivity index (χ4n) is 5.58. The van der Waals surface area contributed by atoms with Crippen LogP contribution in [0.4, 0.5) is 0 Å². The summed E-state index contributed by atoms with van der Waals surface area (Å²) in [6.45, 7) is 12.1. The van der Waals surface area contributed by atoms with E-state index in [1.807, 2.05) is 0 Å². The van der Waals surface area contributed by atoms with Gasteiger partial charge in [-0.3, -0.25) is 0 Å². The van der Waals surface area contributed by atoms with Crippen molar-refractivity contribution < 1.29 is 0 Å². The van der Waals surface area contributed by atoms with Gasteiger partial charge in [-0.25, -0.2) is 0 Å². The van der Waals surface area contributed by atoms with Crippen molar-refractivity contribution in [2.24, 2.45) is 41.4 Å².